The first-order valence-electron chi connectivity index (χ1n) is 5.44. The minimum absolute atomic E-state index is 0.786. The number of hydrogen-bond acceptors (Lipinski definition) is 1. The van der Waals surface area contributed by atoms with Crippen molar-refractivity contribution in [1.82, 2.24) is 4.90 Å². The average molecular weight is 167 g/mol. The van der Waals surface area contributed by atoms with Gasteiger partial charge in [0.15, 0.2) is 0 Å². The molecule has 3 aliphatic carbocycles. The molecule has 0 N–H and O–H groups in total. The van der Waals surface area contributed by atoms with E-state index in [2.05, 4.69) is 25.8 Å². The summed E-state index contributed by atoms with van der Waals surface area (Å²) in [4.78, 5) is 2.62. The van der Waals surface area contributed by atoms with Crippen LogP contribution in [0.5, 0.6) is 0 Å². The topological polar surface area (TPSA) is 3.24 Å². The standard InChI is InChI=1S/C11H21N/c1-4-8(2)12(3)11-7-9-5-10(11)6-9/h8-11H,4-7H2,1-3H3/t8-,9?,10?,11-/m1/s1. The predicted octanol–water partition coefficient (Wildman–Crippen LogP) is 2.52. The van der Waals surface area contributed by atoms with Crippen molar-refractivity contribution in [2.75, 3.05) is 7.05 Å². The lowest BCUT2D eigenvalue weighted by Gasteiger charge is -2.33. The van der Waals surface area contributed by atoms with Crippen molar-refractivity contribution in [1.29, 1.82) is 0 Å². The maximum atomic E-state index is 2.62. The van der Waals surface area contributed by atoms with E-state index >= 15 is 0 Å². The molecule has 0 spiro atoms. The Morgan fingerprint density at radius 2 is 2.00 bits per heavy atom. The van der Waals surface area contributed by atoms with Crippen LogP contribution in [0, 0.1) is 11.8 Å². The SMILES string of the molecule is CC[C@@H](C)N(C)[C@@H]1CC2CC1C2. The van der Waals surface area contributed by atoms with Gasteiger partial charge in [-0.05, 0) is 51.5 Å². The van der Waals surface area contributed by atoms with E-state index < -0.39 is 0 Å². The van der Waals surface area contributed by atoms with Crippen molar-refractivity contribution in [3.05, 3.63) is 0 Å². The van der Waals surface area contributed by atoms with Crippen molar-refractivity contribution >= 4 is 0 Å². The molecule has 0 radical (unpaired) electrons. The summed E-state index contributed by atoms with van der Waals surface area (Å²) in [6.07, 6.45) is 5.85. The van der Waals surface area contributed by atoms with Crippen molar-refractivity contribution in [2.45, 2.75) is 51.6 Å². The van der Waals surface area contributed by atoms with Crippen LogP contribution < -0.4 is 0 Å². The molecule has 0 aliphatic heterocycles. The highest BCUT2D eigenvalue weighted by Gasteiger charge is 2.46. The molecular formula is C11H21N. The maximum absolute atomic E-state index is 2.62. The van der Waals surface area contributed by atoms with Crippen LogP contribution in [0.2, 0.25) is 0 Å². The highest BCUT2D eigenvalue weighted by molar-refractivity contribution is 4.99. The summed E-state index contributed by atoms with van der Waals surface area (Å²) in [5.74, 6) is 2.17. The Hall–Kier alpha value is -0.0400. The van der Waals surface area contributed by atoms with Crippen LogP contribution in [0.1, 0.15) is 39.5 Å². The molecule has 1 nitrogen and oxygen atoms in total. The molecule has 0 aromatic rings. The molecule has 3 fully saturated rings. The Morgan fingerprint density at radius 3 is 2.42 bits per heavy atom. The smallest absolute Gasteiger partial charge is 0.0126 e. The van der Waals surface area contributed by atoms with Gasteiger partial charge in [0.2, 0.25) is 0 Å². The molecule has 12 heavy (non-hydrogen) atoms. The quantitative estimate of drug-likeness (QED) is 0.624. The minimum atomic E-state index is 0.786. The van der Waals surface area contributed by atoms with Gasteiger partial charge in [0.05, 0.1) is 0 Å². The number of fused-ring (bicyclic) bond motifs is 1. The van der Waals surface area contributed by atoms with Crippen LogP contribution >= 0.6 is 0 Å². The third-order valence-corrected chi connectivity index (χ3v) is 4.20. The van der Waals surface area contributed by atoms with Crippen LogP contribution in [-0.2, 0) is 0 Å². The average Bonchev–Trinajstić information content (AvgIpc) is 2.57. The molecule has 3 rings (SSSR count). The van der Waals surface area contributed by atoms with Crippen molar-refractivity contribution in [3.63, 3.8) is 0 Å². The first-order valence-corrected chi connectivity index (χ1v) is 5.44. The van der Waals surface area contributed by atoms with Crippen LogP contribution in [0.4, 0.5) is 0 Å². The highest BCUT2D eigenvalue weighted by Crippen LogP contribution is 2.50. The zero-order chi connectivity index (χ0) is 8.72. The Bertz CT molecular complexity index is 160. The van der Waals surface area contributed by atoms with E-state index in [9.17, 15) is 0 Å². The fourth-order valence-corrected chi connectivity index (χ4v) is 2.94. The summed E-state index contributed by atoms with van der Waals surface area (Å²) in [6, 6.07) is 1.72. The van der Waals surface area contributed by atoms with E-state index in [-0.39, 0.29) is 0 Å². The zero-order valence-electron chi connectivity index (χ0n) is 8.59. The summed E-state index contributed by atoms with van der Waals surface area (Å²) < 4.78 is 0. The molecular weight excluding hydrogens is 146 g/mol. The maximum Gasteiger partial charge on any atom is 0.0126 e. The Labute approximate surface area is 76.1 Å². The van der Waals surface area contributed by atoms with E-state index in [4.69, 9.17) is 0 Å². The molecule has 0 saturated heterocycles. The summed E-state index contributed by atoms with van der Waals surface area (Å²) in [5, 5.41) is 0. The molecule has 3 saturated carbocycles. The number of nitrogens with zero attached hydrogens (tertiary/aromatic N) is 1. The Kier molecular flexibility index (Phi) is 2.16. The lowest BCUT2D eigenvalue weighted by atomic mass is 9.84. The molecule has 0 aromatic heterocycles. The molecule has 2 atom stereocenters. The van der Waals surface area contributed by atoms with Crippen LogP contribution in [-0.4, -0.2) is 24.0 Å². The second-order valence-electron chi connectivity index (χ2n) is 4.82. The number of hydrogen-bond donors (Lipinski definition) is 0. The van der Waals surface area contributed by atoms with Crippen LogP contribution in [0.3, 0.4) is 0 Å². The molecule has 0 heterocycles. The second-order valence-corrected chi connectivity index (χ2v) is 4.82. The van der Waals surface area contributed by atoms with Gasteiger partial charge in [0.25, 0.3) is 0 Å². The monoisotopic (exact) mass is 167 g/mol. The molecule has 0 amide bonds. The molecule has 70 valence electrons. The summed E-state index contributed by atoms with van der Waals surface area (Å²) in [7, 11) is 2.32. The Morgan fingerprint density at radius 1 is 1.33 bits per heavy atom. The highest BCUT2D eigenvalue weighted by atomic mass is 15.2. The minimum Gasteiger partial charge on any atom is -0.300 e. The zero-order valence-corrected chi connectivity index (χ0v) is 8.59. The van der Waals surface area contributed by atoms with Gasteiger partial charge in [-0.3, -0.25) is 0 Å². The van der Waals surface area contributed by atoms with Crippen LogP contribution in [0.15, 0.2) is 0 Å². The summed E-state index contributed by atoms with van der Waals surface area (Å²) >= 11 is 0. The van der Waals surface area contributed by atoms with Crippen molar-refractivity contribution in [3.8, 4) is 0 Å². The molecule has 0 unspecified atom stereocenters. The molecule has 3 aliphatic rings. The van der Waals surface area contributed by atoms with E-state index in [1.807, 2.05) is 0 Å². The third-order valence-electron chi connectivity index (χ3n) is 4.20. The fraction of sp³-hybridized carbons (Fsp3) is 1.00. The normalized spacial score (nSPS) is 41.5. The molecule has 1 heteroatoms. The summed E-state index contributed by atoms with van der Waals surface area (Å²) in [5.41, 5.74) is 0. The van der Waals surface area contributed by atoms with Gasteiger partial charge in [-0.15, -0.1) is 0 Å². The Balaban J connectivity index is 1.91. The summed E-state index contributed by atoms with van der Waals surface area (Å²) in [6.45, 7) is 4.65. The van der Waals surface area contributed by atoms with Crippen molar-refractivity contribution in [2.24, 2.45) is 11.8 Å². The van der Waals surface area contributed by atoms with Gasteiger partial charge in [0.1, 0.15) is 0 Å². The van der Waals surface area contributed by atoms with Gasteiger partial charge in [-0.25, -0.2) is 0 Å². The fourth-order valence-electron chi connectivity index (χ4n) is 2.94. The lowest BCUT2D eigenvalue weighted by molar-refractivity contribution is 0.145. The largest absolute Gasteiger partial charge is 0.300 e. The van der Waals surface area contributed by atoms with E-state index in [0.717, 1.165) is 23.9 Å². The predicted molar refractivity (Wildman–Crippen MR) is 52.1 cm³/mol. The first kappa shape index (κ1) is 8.55. The van der Waals surface area contributed by atoms with Gasteiger partial charge in [0, 0.05) is 12.1 Å². The number of rotatable bonds is 3. The van der Waals surface area contributed by atoms with Gasteiger partial charge < -0.3 is 4.90 Å². The molecule has 0 aromatic carbocycles. The first-order chi connectivity index (χ1) is 5.72. The van der Waals surface area contributed by atoms with Crippen LogP contribution in [0.25, 0.3) is 0 Å². The second kappa shape index (κ2) is 3.02. The van der Waals surface area contributed by atoms with E-state index in [1.165, 1.54) is 25.7 Å². The van der Waals surface area contributed by atoms with E-state index in [1.54, 1.807) is 0 Å². The van der Waals surface area contributed by atoms with Gasteiger partial charge in [-0.1, -0.05) is 6.92 Å². The van der Waals surface area contributed by atoms with Gasteiger partial charge in [-0.2, -0.15) is 0 Å². The van der Waals surface area contributed by atoms with Gasteiger partial charge >= 0.3 is 0 Å². The van der Waals surface area contributed by atoms with Crippen molar-refractivity contribution < 1.29 is 0 Å². The third kappa shape index (κ3) is 1.19. The lowest BCUT2D eigenvalue weighted by Crippen LogP contribution is -2.39. The molecule has 2 bridgehead atoms. The van der Waals surface area contributed by atoms with E-state index in [0.29, 0.717) is 0 Å².